The third-order valence-corrected chi connectivity index (χ3v) is 3.78. The molecule has 0 amide bonds. The number of benzene rings is 2. The Morgan fingerprint density at radius 2 is 1.92 bits per heavy atom. The zero-order chi connectivity index (χ0) is 17.3. The number of halogens is 5. The lowest BCUT2D eigenvalue weighted by molar-refractivity contribution is -0.137. The van der Waals surface area contributed by atoms with Crippen molar-refractivity contribution in [2.75, 3.05) is 12.0 Å². The van der Waals surface area contributed by atoms with Crippen LogP contribution in [-0.2, 0) is 6.18 Å². The molecule has 0 fully saturated rings. The molecule has 3 rings (SSSR count). The maximum Gasteiger partial charge on any atom is 0.416 e. The molecule has 0 saturated heterocycles. The van der Waals surface area contributed by atoms with Crippen molar-refractivity contribution in [1.82, 2.24) is 0 Å². The molecule has 24 heavy (non-hydrogen) atoms. The van der Waals surface area contributed by atoms with Gasteiger partial charge in [0.1, 0.15) is 11.6 Å². The summed E-state index contributed by atoms with van der Waals surface area (Å²) in [6, 6.07) is 6.92. The van der Waals surface area contributed by atoms with Gasteiger partial charge in [-0.05, 0) is 36.4 Å². The standard InChI is InChI=1S/C16H11ClF4N2O/c17-12-3-1-9(16(19,20)21)7-14(12)23-22-13-5-6-24-15-4-2-10(18)8-11(13)15/h1-4,7-8,23H,5-6H2/b22-13-. The van der Waals surface area contributed by atoms with E-state index in [2.05, 4.69) is 10.5 Å². The van der Waals surface area contributed by atoms with Crippen molar-refractivity contribution >= 4 is 23.0 Å². The Morgan fingerprint density at radius 1 is 1.12 bits per heavy atom. The van der Waals surface area contributed by atoms with Crippen molar-refractivity contribution < 1.29 is 22.3 Å². The van der Waals surface area contributed by atoms with Gasteiger partial charge < -0.3 is 4.74 Å². The second-order valence-corrected chi connectivity index (χ2v) is 5.51. The monoisotopic (exact) mass is 358 g/mol. The van der Waals surface area contributed by atoms with Crippen molar-refractivity contribution in [1.29, 1.82) is 0 Å². The Bertz CT molecular complexity index is 805. The molecule has 1 N–H and O–H groups in total. The van der Waals surface area contributed by atoms with Crippen LogP contribution in [0, 0.1) is 5.82 Å². The number of hydrogen-bond acceptors (Lipinski definition) is 3. The van der Waals surface area contributed by atoms with Crippen molar-refractivity contribution in [3.05, 3.63) is 58.4 Å². The Balaban J connectivity index is 1.91. The lowest BCUT2D eigenvalue weighted by atomic mass is 10.0. The van der Waals surface area contributed by atoms with Crippen molar-refractivity contribution in [2.45, 2.75) is 12.6 Å². The predicted octanol–water partition coefficient (Wildman–Crippen LogP) is 5.10. The topological polar surface area (TPSA) is 33.6 Å². The molecule has 0 unspecified atom stereocenters. The summed E-state index contributed by atoms with van der Waals surface area (Å²) in [5, 5.41) is 4.18. The van der Waals surface area contributed by atoms with E-state index in [1.54, 1.807) is 0 Å². The fourth-order valence-electron chi connectivity index (χ4n) is 2.28. The average Bonchev–Trinajstić information content (AvgIpc) is 2.53. The molecule has 0 aliphatic carbocycles. The van der Waals surface area contributed by atoms with Gasteiger partial charge in [-0.15, -0.1) is 0 Å². The number of ether oxygens (including phenoxy) is 1. The minimum Gasteiger partial charge on any atom is -0.492 e. The van der Waals surface area contributed by atoms with E-state index in [1.165, 1.54) is 18.2 Å². The first kappa shape index (κ1) is 16.6. The van der Waals surface area contributed by atoms with Gasteiger partial charge in [-0.1, -0.05) is 11.6 Å². The van der Waals surface area contributed by atoms with E-state index < -0.39 is 17.6 Å². The second kappa shape index (κ2) is 6.32. The van der Waals surface area contributed by atoms with Gasteiger partial charge in [-0.3, -0.25) is 5.43 Å². The molecule has 1 heterocycles. The van der Waals surface area contributed by atoms with Crippen LogP contribution in [0.3, 0.4) is 0 Å². The van der Waals surface area contributed by atoms with Crippen LogP contribution >= 0.6 is 11.6 Å². The van der Waals surface area contributed by atoms with Crippen LogP contribution in [0.4, 0.5) is 23.2 Å². The molecule has 1 aliphatic heterocycles. The van der Waals surface area contributed by atoms with Crippen LogP contribution in [-0.4, -0.2) is 12.3 Å². The first-order valence-corrected chi connectivity index (χ1v) is 7.34. The summed E-state index contributed by atoms with van der Waals surface area (Å²) in [7, 11) is 0. The van der Waals surface area contributed by atoms with Gasteiger partial charge in [-0.25, -0.2) is 4.39 Å². The van der Waals surface area contributed by atoms with Crippen LogP contribution < -0.4 is 10.2 Å². The molecule has 0 radical (unpaired) electrons. The SMILES string of the molecule is Fc1ccc2c(c1)/C(=N\Nc1cc(C(F)(F)F)ccc1Cl)CCO2. The molecule has 2 aromatic carbocycles. The van der Waals surface area contributed by atoms with Gasteiger partial charge >= 0.3 is 6.18 Å². The van der Waals surface area contributed by atoms with Gasteiger partial charge in [-0.2, -0.15) is 18.3 Å². The summed E-state index contributed by atoms with van der Waals surface area (Å²) in [6.07, 6.45) is -4.09. The fraction of sp³-hybridized carbons (Fsp3) is 0.188. The third kappa shape index (κ3) is 3.46. The molecule has 0 atom stereocenters. The molecule has 0 saturated carbocycles. The summed E-state index contributed by atoms with van der Waals surface area (Å²) in [4.78, 5) is 0. The number of hydrazone groups is 1. The summed E-state index contributed by atoms with van der Waals surface area (Å²) in [5.41, 5.74) is 2.64. The largest absolute Gasteiger partial charge is 0.492 e. The summed E-state index contributed by atoms with van der Waals surface area (Å²) < 4.78 is 57.1. The smallest absolute Gasteiger partial charge is 0.416 e. The van der Waals surface area contributed by atoms with Gasteiger partial charge in [0.15, 0.2) is 0 Å². The third-order valence-electron chi connectivity index (χ3n) is 3.45. The minimum atomic E-state index is -4.48. The van der Waals surface area contributed by atoms with E-state index in [1.807, 2.05) is 0 Å². The second-order valence-electron chi connectivity index (χ2n) is 5.10. The Hall–Kier alpha value is -2.28. The van der Waals surface area contributed by atoms with Crippen LogP contribution in [0.2, 0.25) is 5.02 Å². The van der Waals surface area contributed by atoms with Crippen LogP contribution in [0.1, 0.15) is 17.5 Å². The van der Waals surface area contributed by atoms with Crippen LogP contribution in [0.25, 0.3) is 0 Å². The first-order chi connectivity index (χ1) is 11.3. The molecule has 0 bridgehead atoms. The normalized spacial score (nSPS) is 15.8. The van der Waals surface area contributed by atoms with E-state index in [-0.39, 0.29) is 10.7 Å². The summed E-state index contributed by atoms with van der Waals surface area (Å²) >= 11 is 5.91. The highest BCUT2D eigenvalue weighted by Gasteiger charge is 2.31. The molecular formula is C16H11ClF4N2O. The quantitative estimate of drug-likeness (QED) is 0.599. The number of rotatable bonds is 2. The van der Waals surface area contributed by atoms with E-state index >= 15 is 0 Å². The molecule has 1 aliphatic rings. The number of anilines is 1. The molecule has 3 nitrogen and oxygen atoms in total. The first-order valence-electron chi connectivity index (χ1n) is 6.96. The molecule has 0 spiro atoms. The fourth-order valence-corrected chi connectivity index (χ4v) is 2.44. The van der Waals surface area contributed by atoms with Gasteiger partial charge in [0.25, 0.3) is 0 Å². The lowest BCUT2D eigenvalue weighted by Crippen LogP contribution is -2.17. The molecule has 8 heteroatoms. The average molecular weight is 359 g/mol. The zero-order valence-electron chi connectivity index (χ0n) is 12.1. The van der Waals surface area contributed by atoms with E-state index in [9.17, 15) is 17.6 Å². The van der Waals surface area contributed by atoms with Gasteiger partial charge in [0, 0.05) is 12.0 Å². The number of fused-ring (bicyclic) bond motifs is 1. The predicted molar refractivity (Wildman–Crippen MR) is 83.1 cm³/mol. The van der Waals surface area contributed by atoms with Crippen LogP contribution in [0.15, 0.2) is 41.5 Å². The highest BCUT2D eigenvalue weighted by Crippen LogP contribution is 2.34. The van der Waals surface area contributed by atoms with E-state index in [4.69, 9.17) is 16.3 Å². The maximum atomic E-state index is 13.4. The van der Waals surface area contributed by atoms with E-state index in [0.29, 0.717) is 30.1 Å². The molecule has 126 valence electrons. The molecular weight excluding hydrogens is 348 g/mol. The Labute approximate surface area is 139 Å². The number of alkyl halides is 3. The summed E-state index contributed by atoms with van der Waals surface area (Å²) in [6.45, 7) is 0.343. The summed E-state index contributed by atoms with van der Waals surface area (Å²) in [5.74, 6) is 0.0161. The highest BCUT2D eigenvalue weighted by atomic mass is 35.5. The van der Waals surface area contributed by atoms with Crippen LogP contribution in [0.5, 0.6) is 5.75 Å². The minimum absolute atomic E-state index is 0.0171. The van der Waals surface area contributed by atoms with Crippen molar-refractivity contribution in [3.8, 4) is 5.75 Å². The van der Waals surface area contributed by atoms with Crippen molar-refractivity contribution in [3.63, 3.8) is 0 Å². The number of nitrogens with one attached hydrogen (secondary N) is 1. The van der Waals surface area contributed by atoms with Crippen molar-refractivity contribution in [2.24, 2.45) is 5.10 Å². The lowest BCUT2D eigenvalue weighted by Gasteiger charge is -2.19. The Kier molecular flexibility index (Phi) is 4.36. The van der Waals surface area contributed by atoms with Gasteiger partial charge in [0.05, 0.1) is 28.6 Å². The van der Waals surface area contributed by atoms with E-state index in [0.717, 1.165) is 18.2 Å². The number of nitrogens with zero attached hydrogens (tertiary/aromatic N) is 1. The Morgan fingerprint density at radius 3 is 2.67 bits per heavy atom. The zero-order valence-corrected chi connectivity index (χ0v) is 12.9. The highest BCUT2D eigenvalue weighted by molar-refractivity contribution is 6.33. The van der Waals surface area contributed by atoms with Gasteiger partial charge in [0.2, 0.25) is 0 Å². The maximum absolute atomic E-state index is 13.4. The molecule has 2 aromatic rings. The number of hydrogen-bond donors (Lipinski definition) is 1. The molecule has 0 aromatic heterocycles.